The van der Waals surface area contributed by atoms with E-state index in [2.05, 4.69) is 5.32 Å². The molecule has 0 fully saturated rings. The minimum Gasteiger partial charge on any atom is -0.482 e. The van der Waals surface area contributed by atoms with E-state index in [1.165, 1.54) is 0 Å². The van der Waals surface area contributed by atoms with Gasteiger partial charge in [-0.3, -0.25) is 9.59 Å². The molecule has 0 radical (unpaired) electrons. The summed E-state index contributed by atoms with van der Waals surface area (Å²) in [4.78, 5) is 35.0. The number of ether oxygens (including phenoxy) is 2. The van der Waals surface area contributed by atoms with Gasteiger partial charge >= 0.3 is 5.97 Å². The van der Waals surface area contributed by atoms with Gasteiger partial charge in [-0.1, -0.05) is 20.8 Å². The van der Waals surface area contributed by atoms with Gasteiger partial charge < -0.3 is 14.8 Å². The van der Waals surface area contributed by atoms with Crippen LogP contribution in [0.4, 0.5) is 0 Å². The van der Waals surface area contributed by atoms with Crippen molar-refractivity contribution in [1.82, 2.24) is 5.32 Å². The standard InChI is InChI=1S/C19H24N2O5/c1-5-16(22)14-6-8-15(9-7-14)25-11-18(24)26-10-17(23)21-19(4,12-20)13(2)3/h6-9,13H,5,10-11H2,1-4H3,(H,21,23)/t19-/m1/s1. The van der Waals surface area contributed by atoms with E-state index in [9.17, 15) is 14.4 Å². The molecule has 0 saturated heterocycles. The number of amides is 1. The Labute approximate surface area is 153 Å². The maximum absolute atomic E-state index is 11.8. The predicted molar refractivity (Wildman–Crippen MR) is 94.5 cm³/mol. The quantitative estimate of drug-likeness (QED) is 0.535. The van der Waals surface area contributed by atoms with E-state index >= 15 is 0 Å². The first-order valence-corrected chi connectivity index (χ1v) is 8.35. The molecule has 0 unspecified atom stereocenters. The van der Waals surface area contributed by atoms with Gasteiger partial charge in [0.25, 0.3) is 5.91 Å². The lowest BCUT2D eigenvalue weighted by molar-refractivity contribution is -0.150. The Morgan fingerprint density at radius 1 is 1.19 bits per heavy atom. The summed E-state index contributed by atoms with van der Waals surface area (Å²) in [6, 6.07) is 8.45. The zero-order valence-electron chi connectivity index (χ0n) is 15.5. The fourth-order valence-electron chi connectivity index (χ4n) is 1.90. The second kappa shape index (κ2) is 9.56. The highest BCUT2D eigenvalue weighted by Gasteiger charge is 2.30. The third kappa shape index (κ3) is 6.20. The second-order valence-corrected chi connectivity index (χ2v) is 6.27. The second-order valence-electron chi connectivity index (χ2n) is 6.27. The highest BCUT2D eigenvalue weighted by Crippen LogP contribution is 2.15. The SMILES string of the molecule is CCC(=O)c1ccc(OCC(=O)OCC(=O)N[C@](C)(C#N)C(C)C)cc1. The minimum atomic E-state index is -1.03. The van der Waals surface area contributed by atoms with E-state index < -0.39 is 24.0 Å². The number of nitriles is 1. The molecule has 0 aliphatic carbocycles. The summed E-state index contributed by atoms with van der Waals surface area (Å²) in [5, 5.41) is 11.7. The first-order valence-electron chi connectivity index (χ1n) is 8.35. The Bertz CT molecular complexity index is 691. The van der Waals surface area contributed by atoms with Crippen molar-refractivity contribution in [1.29, 1.82) is 5.26 Å². The number of benzene rings is 1. The van der Waals surface area contributed by atoms with Crippen LogP contribution in [-0.4, -0.2) is 36.4 Å². The molecule has 7 nitrogen and oxygen atoms in total. The van der Waals surface area contributed by atoms with Gasteiger partial charge in [-0.05, 0) is 37.1 Å². The lowest BCUT2D eigenvalue weighted by Gasteiger charge is -2.27. The van der Waals surface area contributed by atoms with Crippen molar-refractivity contribution in [2.75, 3.05) is 13.2 Å². The van der Waals surface area contributed by atoms with Gasteiger partial charge in [-0.25, -0.2) is 4.79 Å². The molecule has 0 aliphatic heterocycles. The number of nitrogens with zero attached hydrogens (tertiary/aromatic N) is 1. The number of rotatable bonds is 9. The number of hydrogen-bond acceptors (Lipinski definition) is 6. The van der Waals surface area contributed by atoms with Crippen LogP contribution in [0.15, 0.2) is 24.3 Å². The third-order valence-corrected chi connectivity index (χ3v) is 4.00. The molecule has 1 rings (SSSR count). The molecule has 1 aromatic rings. The molecule has 1 N–H and O–H groups in total. The van der Waals surface area contributed by atoms with E-state index in [0.717, 1.165) is 0 Å². The highest BCUT2D eigenvalue weighted by atomic mass is 16.6. The van der Waals surface area contributed by atoms with Crippen LogP contribution in [0.5, 0.6) is 5.75 Å². The van der Waals surface area contributed by atoms with Crippen LogP contribution in [0.1, 0.15) is 44.5 Å². The summed E-state index contributed by atoms with van der Waals surface area (Å²) in [6.45, 7) is 6.14. The summed E-state index contributed by atoms with van der Waals surface area (Å²) in [7, 11) is 0. The van der Waals surface area contributed by atoms with Gasteiger partial charge in [-0.15, -0.1) is 0 Å². The number of nitrogens with one attached hydrogen (secondary N) is 1. The van der Waals surface area contributed by atoms with Crippen LogP contribution in [0.25, 0.3) is 0 Å². The number of esters is 1. The molecule has 0 aromatic heterocycles. The van der Waals surface area contributed by atoms with Gasteiger partial charge in [0.15, 0.2) is 19.0 Å². The van der Waals surface area contributed by atoms with Crippen LogP contribution >= 0.6 is 0 Å². The predicted octanol–water partition coefficient (Wildman–Crippen LogP) is 2.26. The number of carbonyl (C=O) groups excluding carboxylic acids is 3. The summed E-state index contributed by atoms with van der Waals surface area (Å²) in [5.74, 6) is -0.933. The number of carbonyl (C=O) groups is 3. The van der Waals surface area contributed by atoms with Crippen molar-refractivity contribution in [3.05, 3.63) is 29.8 Å². The molecule has 7 heteroatoms. The van der Waals surface area contributed by atoms with Crippen LogP contribution in [0, 0.1) is 17.2 Å². The average Bonchev–Trinajstić information content (AvgIpc) is 2.64. The molecular formula is C19H24N2O5. The van der Waals surface area contributed by atoms with Crippen molar-refractivity contribution in [2.45, 2.75) is 39.7 Å². The fraction of sp³-hybridized carbons (Fsp3) is 0.474. The molecule has 0 saturated carbocycles. The maximum Gasteiger partial charge on any atom is 0.344 e. The third-order valence-electron chi connectivity index (χ3n) is 4.00. The van der Waals surface area contributed by atoms with Crippen molar-refractivity contribution in [3.63, 3.8) is 0 Å². The van der Waals surface area contributed by atoms with Crippen LogP contribution in [-0.2, 0) is 14.3 Å². The summed E-state index contributed by atoms with van der Waals surface area (Å²) in [5.41, 5.74) is -0.456. The van der Waals surface area contributed by atoms with Crippen molar-refractivity contribution >= 4 is 17.7 Å². The highest BCUT2D eigenvalue weighted by molar-refractivity contribution is 5.95. The monoisotopic (exact) mass is 360 g/mol. The lowest BCUT2D eigenvalue weighted by atomic mass is 9.90. The van der Waals surface area contributed by atoms with E-state index in [1.807, 2.05) is 19.9 Å². The molecule has 0 spiro atoms. The Kier molecular flexibility index (Phi) is 7.78. The van der Waals surface area contributed by atoms with Crippen molar-refractivity contribution < 1.29 is 23.9 Å². The average molecular weight is 360 g/mol. The number of Topliss-reactive ketones (excluding diaryl/α,β-unsaturated/α-hetero) is 1. The number of hydrogen-bond donors (Lipinski definition) is 1. The zero-order chi connectivity index (χ0) is 19.7. The Balaban J connectivity index is 2.42. The van der Waals surface area contributed by atoms with E-state index in [1.54, 1.807) is 38.1 Å². The van der Waals surface area contributed by atoms with Crippen molar-refractivity contribution in [2.24, 2.45) is 5.92 Å². The Morgan fingerprint density at radius 2 is 1.81 bits per heavy atom. The van der Waals surface area contributed by atoms with Crippen LogP contribution in [0.3, 0.4) is 0 Å². The van der Waals surface area contributed by atoms with Gasteiger partial charge in [0, 0.05) is 12.0 Å². The van der Waals surface area contributed by atoms with Crippen molar-refractivity contribution in [3.8, 4) is 11.8 Å². The van der Waals surface area contributed by atoms with Crippen LogP contribution in [0.2, 0.25) is 0 Å². The van der Waals surface area contributed by atoms with E-state index in [4.69, 9.17) is 14.7 Å². The van der Waals surface area contributed by atoms with Gasteiger partial charge in [0.2, 0.25) is 0 Å². The molecule has 140 valence electrons. The lowest BCUT2D eigenvalue weighted by Crippen LogP contribution is -2.50. The van der Waals surface area contributed by atoms with Gasteiger partial charge in [-0.2, -0.15) is 5.26 Å². The molecule has 1 aromatic carbocycles. The van der Waals surface area contributed by atoms with Gasteiger partial charge in [0.1, 0.15) is 11.3 Å². The fourth-order valence-corrected chi connectivity index (χ4v) is 1.90. The molecule has 0 heterocycles. The molecule has 26 heavy (non-hydrogen) atoms. The normalized spacial score (nSPS) is 12.6. The topological polar surface area (TPSA) is 105 Å². The Hall–Kier alpha value is -2.88. The van der Waals surface area contributed by atoms with Gasteiger partial charge in [0.05, 0.1) is 6.07 Å². The maximum atomic E-state index is 11.8. The summed E-state index contributed by atoms with van der Waals surface area (Å²) < 4.78 is 10.1. The molecule has 1 amide bonds. The molecule has 0 aliphatic rings. The minimum absolute atomic E-state index is 0.0211. The zero-order valence-corrected chi connectivity index (χ0v) is 15.5. The molecule has 1 atom stereocenters. The Morgan fingerprint density at radius 3 is 2.31 bits per heavy atom. The molecule has 0 bridgehead atoms. The summed E-state index contributed by atoms with van der Waals surface area (Å²) >= 11 is 0. The number of ketones is 1. The van der Waals surface area contributed by atoms with E-state index in [-0.39, 0.29) is 18.3 Å². The van der Waals surface area contributed by atoms with Crippen LogP contribution < -0.4 is 10.1 Å². The first-order chi connectivity index (χ1) is 12.2. The van der Waals surface area contributed by atoms with E-state index in [0.29, 0.717) is 17.7 Å². The first kappa shape index (κ1) is 21.2. The summed E-state index contributed by atoms with van der Waals surface area (Å²) in [6.07, 6.45) is 0.413. The molecular weight excluding hydrogens is 336 g/mol. The smallest absolute Gasteiger partial charge is 0.344 e. The largest absolute Gasteiger partial charge is 0.482 e.